The molecule has 0 fully saturated rings. The van der Waals surface area contributed by atoms with Crippen molar-refractivity contribution in [2.45, 2.75) is 145 Å². The van der Waals surface area contributed by atoms with Crippen molar-refractivity contribution in [1.29, 1.82) is 0 Å². The lowest BCUT2D eigenvalue weighted by Gasteiger charge is -2.38. The van der Waals surface area contributed by atoms with Crippen LogP contribution < -0.4 is 14.2 Å². The van der Waals surface area contributed by atoms with Crippen LogP contribution in [-0.4, -0.2) is 16.3 Å². The Morgan fingerprint density at radius 3 is 1.88 bits per heavy atom. The highest BCUT2D eigenvalue weighted by Crippen LogP contribution is 2.51. The van der Waals surface area contributed by atoms with Crippen molar-refractivity contribution in [3.8, 4) is 28.7 Å². The number of hydrogen-bond donors (Lipinski definition) is 1. The number of phenolic OH excluding ortho intramolecular Hbond substituents is 1. The van der Waals surface area contributed by atoms with Crippen LogP contribution in [0.25, 0.3) is 0 Å². The second-order valence-electron chi connectivity index (χ2n) is 14.1. The van der Waals surface area contributed by atoms with Gasteiger partial charge in [0.2, 0.25) is 0 Å². The number of fused-ring (bicyclic) bond motifs is 2. The summed E-state index contributed by atoms with van der Waals surface area (Å²) in [5.74, 6) is 4.93. The zero-order chi connectivity index (χ0) is 29.4. The molecule has 1 N–H and O–H groups in total. The zero-order valence-electron chi connectivity index (χ0n) is 27.0. The summed E-state index contributed by atoms with van der Waals surface area (Å²) < 4.78 is 20.1. The molecule has 2 heterocycles. The second kappa shape index (κ2) is 11.9. The molecule has 0 aromatic heterocycles. The maximum absolute atomic E-state index is 11.3. The number of aryl methyl sites for hydroxylation is 1. The summed E-state index contributed by atoms with van der Waals surface area (Å²) in [6, 6.07) is 2.14. The first-order valence-electron chi connectivity index (χ1n) is 15.8. The molecular formula is C36H54O4. The van der Waals surface area contributed by atoms with Crippen LogP contribution in [0.5, 0.6) is 28.7 Å². The van der Waals surface area contributed by atoms with Gasteiger partial charge in [-0.1, -0.05) is 40.5 Å². The Kier molecular flexibility index (Phi) is 9.07. The number of aromatic hydroxyl groups is 1. The first-order chi connectivity index (χ1) is 18.7. The van der Waals surface area contributed by atoms with E-state index in [1.165, 1.54) is 24.8 Å². The van der Waals surface area contributed by atoms with Gasteiger partial charge in [0, 0.05) is 11.1 Å². The van der Waals surface area contributed by atoms with Gasteiger partial charge in [-0.25, -0.2) is 0 Å². The Morgan fingerprint density at radius 1 is 0.775 bits per heavy atom. The van der Waals surface area contributed by atoms with Crippen molar-refractivity contribution in [3.05, 3.63) is 39.4 Å². The van der Waals surface area contributed by atoms with E-state index in [1.54, 1.807) is 0 Å². The van der Waals surface area contributed by atoms with Crippen molar-refractivity contribution >= 4 is 0 Å². The van der Waals surface area contributed by atoms with Gasteiger partial charge in [0.15, 0.2) is 11.5 Å². The maximum Gasteiger partial charge on any atom is 0.176 e. The molecule has 2 aromatic carbocycles. The Morgan fingerprint density at radius 2 is 1.30 bits per heavy atom. The summed E-state index contributed by atoms with van der Waals surface area (Å²) in [5, 5.41) is 11.3. The van der Waals surface area contributed by atoms with E-state index >= 15 is 0 Å². The molecule has 0 aliphatic carbocycles. The van der Waals surface area contributed by atoms with Gasteiger partial charge in [-0.15, -0.1) is 0 Å². The summed E-state index contributed by atoms with van der Waals surface area (Å²) in [5.41, 5.74) is 5.92. The average Bonchev–Trinajstić information content (AvgIpc) is 2.88. The molecule has 2 aliphatic rings. The summed E-state index contributed by atoms with van der Waals surface area (Å²) in [6.45, 7) is 21.9. The van der Waals surface area contributed by atoms with Gasteiger partial charge in [0.05, 0.1) is 0 Å². The predicted octanol–water partition coefficient (Wildman–Crippen LogP) is 10.2. The molecule has 0 amide bonds. The summed E-state index contributed by atoms with van der Waals surface area (Å²) in [4.78, 5) is 0. The maximum atomic E-state index is 11.3. The first-order valence-corrected chi connectivity index (χ1v) is 15.8. The lowest BCUT2D eigenvalue weighted by Crippen LogP contribution is -2.37. The lowest BCUT2D eigenvalue weighted by atomic mass is 9.85. The lowest BCUT2D eigenvalue weighted by molar-refractivity contribution is 0.0505. The van der Waals surface area contributed by atoms with E-state index in [-0.39, 0.29) is 17.0 Å². The molecule has 0 bridgehead atoms. The van der Waals surface area contributed by atoms with E-state index in [0.717, 1.165) is 95.9 Å². The van der Waals surface area contributed by atoms with Gasteiger partial charge in [0.1, 0.15) is 28.5 Å². The van der Waals surface area contributed by atoms with Crippen molar-refractivity contribution in [1.82, 2.24) is 0 Å². The Hall–Kier alpha value is -2.36. The van der Waals surface area contributed by atoms with Crippen molar-refractivity contribution in [3.63, 3.8) is 0 Å². The summed E-state index contributed by atoms with van der Waals surface area (Å²) >= 11 is 0. The van der Waals surface area contributed by atoms with E-state index < -0.39 is 0 Å². The van der Waals surface area contributed by atoms with E-state index in [9.17, 15) is 5.11 Å². The summed E-state index contributed by atoms with van der Waals surface area (Å²) in [7, 11) is 0. The Bertz CT molecular complexity index is 1230. The smallest absolute Gasteiger partial charge is 0.176 e. The average molecular weight is 551 g/mol. The molecule has 4 heteroatoms. The van der Waals surface area contributed by atoms with Gasteiger partial charge < -0.3 is 19.3 Å². The van der Waals surface area contributed by atoms with E-state index in [2.05, 4.69) is 68.4 Å². The molecule has 222 valence electrons. The third kappa shape index (κ3) is 6.42. The van der Waals surface area contributed by atoms with Crippen LogP contribution in [0.15, 0.2) is 6.07 Å². The number of phenols is 1. The summed E-state index contributed by atoms with van der Waals surface area (Å²) in [6.07, 6.45) is 10.7. The second-order valence-corrected chi connectivity index (χ2v) is 14.1. The number of rotatable bonds is 10. The quantitative estimate of drug-likeness (QED) is 0.320. The highest BCUT2D eigenvalue weighted by molar-refractivity contribution is 5.64. The SMILES string of the molecule is Cc1c(Oc2c(O)c(C)c(C)c3c2CCC(C)(CCCC(C)C)O3)cc2c(c1C)OC(C)(CCCC(C)C)CC2. The molecule has 2 atom stereocenters. The van der Waals surface area contributed by atoms with Crippen LogP contribution in [0.2, 0.25) is 0 Å². The third-order valence-corrected chi connectivity index (χ3v) is 9.60. The largest absolute Gasteiger partial charge is 0.504 e. The van der Waals surface area contributed by atoms with Crippen LogP contribution in [-0.2, 0) is 12.8 Å². The van der Waals surface area contributed by atoms with E-state index in [1.807, 2.05) is 6.92 Å². The van der Waals surface area contributed by atoms with Gasteiger partial charge in [-0.05, 0) is 133 Å². The van der Waals surface area contributed by atoms with Crippen LogP contribution in [0.1, 0.15) is 126 Å². The van der Waals surface area contributed by atoms with Gasteiger partial charge in [-0.3, -0.25) is 0 Å². The molecule has 4 rings (SSSR count). The monoisotopic (exact) mass is 550 g/mol. The topological polar surface area (TPSA) is 47.9 Å². The van der Waals surface area contributed by atoms with Crippen molar-refractivity contribution < 1.29 is 19.3 Å². The zero-order valence-corrected chi connectivity index (χ0v) is 27.0. The fourth-order valence-corrected chi connectivity index (χ4v) is 6.44. The highest BCUT2D eigenvalue weighted by atomic mass is 16.5. The molecule has 0 saturated heterocycles. The Balaban J connectivity index is 1.62. The molecule has 0 radical (unpaired) electrons. The van der Waals surface area contributed by atoms with Crippen molar-refractivity contribution in [2.75, 3.05) is 0 Å². The van der Waals surface area contributed by atoms with Gasteiger partial charge in [-0.2, -0.15) is 0 Å². The molecular weight excluding hydrogens is 496 g/mol. The molecule has 0 spiro atoms. The van der Waals surface area contributed by atoms with Crippen LogP contribution in [0.3, 0.4) is 0 Å². The van der Waals surface area contributed by atoms with E-state index in [4.69, 9.17) is 14.2 Å². The van der Waals surface area contributed by atoms with Crippen LogP contribution in [0, 0.1) is 39.5 Å². The number of benzene rings is 2. The minimum atomic E-state index is -0.190. The fourth-order valence-electron chi connectivity index (χ4n) is 6.44. The number of ether oxygens (including phenoxy) is 3. The fraction of sp³-hybridized carbons (Fsp3) is 0.667. The predicted molar refractivity (Wildman–Crippen MR) is 166 cm³/mol. The normalized spacial score (nSPS) is 22.1. The first kappa shape index (κ1) is 30.6. The molecule has 4 nitrogen and oxygen atoms in total. The molecule has 0 saturated carbocycles. The van der Waals surface area contributed by atoms with Gasteiger partial charge in [0.25, 0.3) is 0 Å². The standard InChI is InChI=1S/C36H54O4/c1-22(2)13-11-17-35(9)19-15-28-21-30(24(5)26(7)32(28)39-35)38-34-29-16-20-36(10,18-12-14-23(3)4)40-33(29)27(8)25(6)31(34)37/h21-23,37H,11-20H2,1-10H3. The number of hydrogen-bond acceptors (Lipinski definition) is 4. The molecule has 40 heavy (non-hydrogen) atoms. The molecule has 2 unspecified atom stereocenters. The van der Waals surface area contributed by atoms with Gasteiger partial charge >= 0.3 is 0 Å². The molecule has 2 aromatic rings. The minimum absolute atomic E-state index is 0.119. The van der Waals surface area contributed by atoms with E-state index in [0.29, 0.717) is 11.7 Å². The van der Waals surface area contributed by atoms with Crippen LogP contribution in [0.4, 0.5) is 0 Å². The Labute approximate surface area is 243 Å². The minimum Gasteiger partial charge on any atom is -0.504 e. The highest BCUT2D eigenvalue weighted by Gasteiger charge is 2.37. The van der Waals surface area contributed by atoms with Crippen molar-refractivity contribution in [2.24, 2.45) is 11.8 Å². The third-order valence-electron chi connectivity index (χ3n) is 9.60. The van der Waals surface area contributed by atoms with Crippen LogP contribution >= 0.6 is 0 Å². The molecule has 2 aliphatic heterocycles.